The van der Waals surface area contributed by atoms with Gasteiger partial charge >= 0.3 is 27.5 Å². The Kier molecular flexibility index (Phi) is 5.24. The molecule has 0 unspecified atom stereocenters. The summed E-state index contributed by atoms with van der Waals surface area (Å²) in [5.74, 6) is -7.07. The molecule has 0 N–H and O–H groups in total. The van der Waals surface area contributed by atoms with Crippen LogP contribution in [0.2, 0.25) is 0 Å². The molecule has 0 aliphatic carbocycles. The summed E-state index contributed by atoms with van der Waals surface area (Å²) in [5, 5.41) is -6.44. The van der Waals surface area contributed by atoms with Crippen molar-refractivity contribution in [2.24, 2.45) is 0 Å². The zero-order valence-electron chi connectivity index (χ0n) is 10.2. The van der Waals surface area contributed by atoms with Crippen LogP contribution in [0.25, 0.3) is 0 Å². The van der Waals surface area contributed by atoms with Crippen LogP contribution in [0.15, 0.2) is 12.7 Å². The van der Waals surface area contributed by atoms with Gasteiger partial charge in [0.1, 0.15) is 0 Å². The molecule has 0 rings (SSSR count). The molecule has 0 heterocycles. The predicted molar refractivity (Wildman–Crippen MR) is 60.5 cm³/mol. The van der Waals surface area contributed by atoms with Crippen molar-refractivity contribution in [1.82, 2.24) is 0 Å². The summed E-state index contributed by atoms with van der Waals surface area (Å²) in [6.07, 6.45) is -3.70. The molecule has 0 aliphatic heterocycles. The van der Waals surface area contributed by atoms with Gasteiger partial charge < -0.3 is 0 Å². The second-order valence-corrected chi connectivity index (χ2v) is 9.18. The van der Waals surface area contributed by atoms with Gasteiger partial charge in [-0.1, -0.05) is 6.08 Å². The van der Waals surface area contributed by atoms with Crippen molar-refractivity contribution in [3.8, 4) is 0 Å². The molecular weight excluding hydrogens is 341 g/mol. The van der Waals surface area contributed by atoms with E-state index in [1.807, 2.05) is 0 Å². The minimum atomic E-state index is -6.78. The Hall–Kier alpha value is -0.490. The van der Waals surface area contributed by atoms with Crippen LogP contribution in [0.4, 0.5) is 30.7 Å². The second-order valence-electron chi connectivity index (χ2n) is 4.00. The van der Waals surface area contributed by atoms with E-state index in [0.717, 1.165) is 18.6 Å². The van der Waals surface area contributed by atoms with Crippen molar-refractivity contribution < 1.29 is 42.8 Å². The number of hydrogen-bond donors (Lipinski definition) is 0. The summed E-state index contributed by atoms with van der Waals surface area (Å²) in [4.78, 5) is 0. The zero-order valence-corrected chi connectivity index (χ0v) is 11.8. The average Bonchev–Trinajstić information content (AvgIpc) is 2.12. The van der Waals surface area contributed by atoms with Gasteiger partial charge in [-0.15, -0.1) is 16.9 Å². The summed E-state index contributed by atoms with van der Waals surface area (Å²) in [6.45, 7) is 3.16. The van der Waals surface area contributed by atoms with Crippen molar-refractivity contribution in [3.05, 3.63) is 12.7 Å². The summed E-state index contributed by atoms with van der Waals surface area (Å²) in [6, 6.07) is 0. The molecular formula is C8H11F7O3S2. The van der Waals surface area contributed by atoms with Gasteiger partial charge in [-0.25, -0.2) is 3.63 Å². The van der Waals surface area contributed by atoms with Gasteiger partial charge in [0.25, 0.3) is 0 Å². The van der Waals surface area contributed by atoms with Gasteiger partial charge in [-0.05, 0) is 12.5 Å². The van der Waals surface area contributed by atoms with Crippen LogP contribution in [0.5, 0.6) is 0 Å². The lowest BCUT2D eigenvalue weighted by Gasteiger charge is -2.33. The average molecular weight is 352 g/mol. The first-order chi connectivity index (χ1) is 8.52. The maximum absolute atomic E-state index is 13.1. The first-order valence-corrected chi connectivity index (χ1v) is 8.57. The Morgan fingerprint density at radius 1 is 1.05 bits per heavy atom. The molecule has 20 heavy (non-hydrogen) atoms. The number of rotatable bonds is 6. The van der Waals surface area contributed by atoms with E-state index in [9.17, 15) is 39.2 Å². The van der Waals surface area contributed by atoms with Gasteiger partial charge in [-0.3, -0.25) is 0 Å². The van der Waals surface area contributed by atoms with Crippen LogP contribution in [0, 0.1) is 0 Å². The first-order valence-electron chi connectivity index (χ1n) is 4.62. The van der Waals surface area contributed by atoms with E-state index >= 15 is 0 Å². The van der Waals surface area contributed by atoms with Crippen LogP contribution in [0.1, 0.15) is 0 Å². The summed E-state index contributed by atoms with van der Waals surface area (Å²) in [5.41, 5.74) is 0. The molecule has 0 radical (unpaired) electrons. The molecule has 0 atom stereocenters. The molecule has 0 amide bonds. The molecule has 0 bridgehead atoms. The highest BCUT2D eigenvalue weighted by molar-refractivity contribution is 8.32. The molecule has 0 aromatic carbocycles. The highest BCUT2D eigenvalue weighted by Crippen LogP contribution is 2.53. The minimum absolute atomic E-state index is 0.292. The van der Waals surface area contributed by atoms with Crippen LogP contribution in [0.3, 0.4) is 0 Å². The zero-order chi connectivity index (χ0) is 16.6. The first kappa shape index (κ1) is 19.5. The van der Waals surface area contributed by atoms with E-state index in [1.54, 1.807) is 0 Å². The fraction of sp³-hybridized carbons (Fsp3) is 0.750. The normalized spacial score (nSPS) is 16.1. The molecule has 0 aliphatic rings. The van der Waals surface area contributed by atoms with Crippen molar-refractivity contribution in [1.29, 1.82) is 0 Å². The van der Waals surface area contributed by atoms with Gasteiger partial charge in [0.05, 0.1) is 0 Å². The Morgan fingerprint density at radius 3 is 1.75 bits per heavy atom. The molecule has 12 heteroatoms. The topological polar surface area (TPSA) is 43.4 Å². The monoisotopic (exact) mass is 352 g/mol. The largest absolute Gasteiger partial charge is 0.461 e. The highest BCUT2D eigenvalue weighted by atomic mass is 32.3. The van der Waals surface area contributed by atoms with Crippen LogP contribution in [-0.2, 0) is 13.7 Å². The van der Waals surface area contributed by atoms with Crippen molar-refractivity contribution in [2.45, 2.75) is 17.4 Å². The van der Waals surface area contributed by atoms with Crippen molar-refractivity contribution >= 4 is 20.4 Å². The molecule has 0 saturated heterocycles. The van der Waals surface area contributed by atoms with E-state index in [1.165, 1.54) is 0 Å². The van der Waals surface area contributed by atoms with E-state index in [2.05, 4.69) is 10.2 Å². The summed E-state index contributed by atoms with van der Waals surface area (Å²) >= 11 is 0. The molecule has 0 aromatic rings. The van der Waals surface area contributed by atoms with Crippen molar-refractivity contribution in [3.63, 3.8) is 0 Å². The lowest BCUT2D eigenvalue weighted by Crippen LogP contribution is -2.56. The SMILES string of the molecule is C=CCS(C)(C)OS(=O)(=O)C(F)(F)C(F)(F)C(F)(F)F. The summed E-state index contributed by atoms with van der Waals surface area (Å²) < 4.78 is 113. The lowest BCUT2D eigenvalue weighted by molar-refractivity contribution is -0.332. The Labute approximate surface area is 112 Å². The predicted octanol–water partition coefficient (Wildman–Crippen LogP) is 3.29. The Bertz CT molecular complexity index is 467. The lowest BCUT2D eigenvalue weighted by atomic mass is 10.3. The Balaban J connectivity index is 5.66. The van der Waals surface area contributed by atoms with E-state index < -0.39 is 37.8 Å². The summed E-state index contributed by atoms with van der Waals surface area (Å²) in [7, 11) is -9.36. The number of alkyl halides is 7. The minimum Gasteiger partial charge on any atom is -0.215 e. The molecule has 3 nitrogen and oxygen atoms in total. The molecule has 0 aromatic heterocycles. The van der Waals surface area contributed by atoms with Crippen LogP contribution in [-0.4, -0.2) is 44.0 Å². The number of halogens is 7. The standard InChI is InChI=1S/C8H11F7O3S2/c1-4-5-19(2,3)18-20(16,17)8(14,15)6(9,10)7(11,12)13/h4H,1,5H2,2-3H3. The molecule has 122 valence electrons. The van der Waals surface area contributed by atoms with Gasteiger partial charge in [0.15, 0.2) is 0 Å². The number of hydrogen-bond acceptors (Lipinski definition) is 3. The van der Waals surface area contributed by atoms with Gasteiger partial charge in [0.2, 0.25) is 0 Å². The second kappa shape index (κ2) is 5.37. The van der Waals surface area contributed by atoms with Crippen LogP contribution < -0.4 is 0 Å². The quantitative estimate of drug-likeness (QED) is 0.544. The molecule has 0 saturated carbocycles. The fourth-order valence-electron chi connectivity index (χ4n) is 0.919. The third-order valence-corrected chi connectivity index (χ3v) is 5.94. The highest BCUT2D eigenvalue weighted by Gasteiger charge is 2.79. The third-order valence-electron chi connectivity index (χ3n) is 1.83. The van der Waals surface area contributed by atoms with E-state index in [4.69, 9.17) is 0 Å². The van der Waals surface area contributed by atoms with Crippen LogP contribution >= 0.6 is 10.3 Å². The Morgan fingerprint density at radius 2 is 1.45 bits per heavy atom. The van der Waals surface area contributed by atoms with E-state index in [-0.39, 0.29) is 5.75 Å². The van der Waals surface area contributed by atoms with Gasteiger partial charge in [-0.2, -0.15) is 39.2 Å². The van der Waals surface area contributed by atoms with Crippen molar-refractivity contribution in [2.75, 3.05) is 18.3 Å². The maximum atomic E-state index is 13.1. The molecule has 0 fully saturated rings. The molecule has 0 spiro atoms. The van der Waals surface area contributed by atoms with Gasteiger partial charge in [0, 0.05) is 5.75 Å². The third kappa shape index (κ3) is 3.58. The van der Waals surface area contributed by atoms with E-state index in [0.29, 0.717) is 0 Å². The smallest absolute Gasteiger partial charge is 0.215 e. The maximum Gasteiger partial charge on any atom is 0.461 e. The fourth-order valence-corrected chi connectivity index (χ4v) is 4.42.